The monoisotopic (exact) mass is 362 g/mol. The zero-order valence-corrected chi connectivity index (χ0v) is 15.4. The van der Waals surface area contributed by atoms with Gasteiger partial charge < -0.3 is 9.92 Å². The summed E-state index contributed by atoms with van der Waals surface area (Å²) in [5, 5.41) is 11.6. The van der Waals surface area contributed by atoms with Gasteiger partial charge in [0.05, 0.1) is 6.04 Å². The summed E-state index contributed by atoms with van der Waals surface area (Å²) in [6.45, 7) is 8.19. The molecule has 0 spiro atoms. The fourth-order valence-electron chi connectivity index (χ4n) is 2.30. The fourth-order valence-corrected chi connectivity index (χ4v) is 3.02. The summed E-state index contributed by atoms with van der Waals surface area (Å²) in [6.07, 6.45) is 0. The highest BCUT2D eigenvalue weighted by atomic mass is 32.2. The number of H-pyrrole nitrogens is 1. The van der Waals surface area contributed by atoms with Gasteiger partial charge in [-0.3, -0.25) is 5.10 Å². The molecule has 2 unspecified atom stereocenters. The van der Waals surface area contributed by atoms with Gasteiger partial charge >= 0.3 is 0 Å². The second kappa shape index (κ2) is 6.49. The Kier molecular flexibility index (Phi) is 4.53. The molecule has 0 radical (unpaired) electrons. The molecule has 0 bridgehead atoms. The quantitative estimate of drug-likeness (QED) is 0.603. The van der Waals surface area contributed by atoms with Crippen molar-refractivity contribution in [3.8, 4) is 5.75 Å². The van der Waals surface area contributed by atoms with Crippen molar-refractivity contribution in [1.29, 1.82) is 0 Å². The highest BCUT2D eigenvalue weighted by molar-refractivity contribution is 7.78. The van der Waals surface area contributed by atoms with Crippen LogP contribution >= 0.6 is 0 Å². The number of hydrogen-bond donors (Lipinski definition) is 3. The number of benzene rings is 1. The first-order valence-corrected chi connectivity index (χ1v) is 8.98. The molecule has 0 aliphatic rings. The van der Waals surface area contributed by atoms with Crippen molar-refractivity contribution in [2.45, 2.75) is 39.2 Å². The van der Waals surface area contributed by atoms with Crippen molar-refractivity contribution >= 4 is 22.6 Å². The number of nitrogen functional groups attached to an aromatic ring is 1. The summed E-state index contributed by atoms with van der Waals surface area (Å²) in [5.74, 6) is 1.09. The van der Waals surface area contributed by atoms with E-state index in [0.717, 1.165) is 11.3 Å². The van der Waals surface area contributed by atoms with Crippen LogP contribution in [0.1, 0.15) is 45.3 Å². The van der Waals surface area contributed by atoms with E-state index in [2.05, 4.69) is 40.8 Å². The van der Waals surface area contributed by atoms with Gasteiger partial charge in [0, 0.05) is 22.9 Å². The SMILES string of the molecule is CC(NS(=O)Oc1ccc(N)cc1)c1nnc2cc(C(C)(C)C)[nH]n12. The Bertz CT molecular complexity index is 894. The van der Waals surface area contributed by atoms with Crippen molar-refractivity contribution in [2.75, 3.05) is 5.73 Å². The molecule has 4 N–H and O–H groups in total. The number of aromatic nitrogens is 4. The van der Waals surface area contributed by atoms with Gasteiger partial charge in [-0.15, -0.1) is 10.2 Å². The third kappa shape index (κ3) is 3.83. The summed E-state index contributed by atoms with van der Waals surface area (Å²) in [5.41, 5.74) is 7.97. The number of anilines is 1. The average Bonchev–Trinajstić information content (AvgIpc) is 3.09. The summed E-state index contributed by atoms with van der Waals surface area (Å²) >= 11 is -1.73. The third-order valence-corrected chi connectivity index (χ3v) is 4.63. The van der Waals surface area contributed by atoms with E-state index in [1.807, 2.05) is 13.0 Å². The maximum absolute atomic E-state index is 12.2. The van der Waals surface area contributed by atoms with E-state index in [0.29, 0.717) is 17.3 Å². The van der Waals surface area contributed by atoms with Crippen LogP contribution in [0, 0.1) is 0 Å². The first-order valence-electron chi connectivity index (χ1n) is 7.90. The molecule has 134 valence electrons. The third-order valence-electron chi connectivity index (χ3n) is 3.74. The molecule has 1 aromatic carbocycles. The molecule has 0 saturated heterocycles. The Labute approximate surface area is 148 Å². The minimum absolute atomic E-state index is 0.0320. The molecule has 3 aromatic rings. The van der Waals surface area contributed by atoms with Gasteiger partial charge in [0.15, 0.2) is 11.5 Å². The van der Waals surface area contributed by atoms with Crippen molar-refractivity contribution in [1.82, 2.24) is 24.5 Å². The van der Waals surface area contributed by atoms with Crippen LogP contribution < -0.4 is 14.6 Å². The van der Waals surface area contributed by atoms with Gasteiger partial charge in [-0.2, -0.15) is 8.93 Å². The number of nitrogens with two attached hydrogens (primary N) is 1. The fraction of sp³-hybridized carbons (Fsp3) is 0.375. The normalized spacial score (nSPS) is 14.6. The summed E-state index contributed by atoms with van der Waals surface area (Å²) in [6, 6.07) is 8.32. The van der Waals surface area contributed by atoms with Gasteiger partial charge in [-0.1, -0.05) is 20.8 Å². The number of hydrogen-bond acceptors (Lipinski definition) is 5. The number of nitrogens with one attached hydrogen (secondary N) is 2. The Morgan fingerprint density at radius 2 is 1.96 bits per heavy atom. The number of fused-ring (bicyclic) bond motifs is 1. The van der Waals surface area contributed by atoms with E-state index in [1.165, 1.54) is 0 Å². The molecule has 2 heterocycles. The van der Waals surface area contributed by atoms with Crippen LogP contribution in [0.15, 0.2) is 30.3 Å². The lowest BCUT2D eigenvalue weighted by atomic mass is 9.93. The Morgan fingerprint density at radius 3 is 2.60 bits per heavy atom. The van der Waals surface area contributed by atoms with E-state index in [1.54, 1.807) is 28.8 Å². The van der Waals surface area contributed by atoms with E-state index in [4.69, 9.17) is 9.92 Å². The molecule has 2 atom stereocenters. The molecule has 0 fully saturated rings. The molecular weight excluding hydrogens is 340 g/mol. The van der Waals surface area contributed by atoms with E-state index >= 15 is 0 Å². The van der Waals surface area contributed by atoms with Crippen LogP contribution in [-0.2, 0) is 16.7 Å². The highest BCUT2D eigenvalue weighted by Gasteiger charge is 2.22. The molecule has 0 amide bonds. The zero-order valence-electron chi connectivity index (χ0n) is 14.6. The maximum atomic E-state index is 12.2. The maximum Gasteiger partial charge on any atom is 0.288 e. The molecule has 0 saturated carbocycles. The zero-order chi connectivity index (χ0) is 18.2. The lowest BCUT2D eigenvalue weighted by Gasteiger charge is -2.15. The molecule has 9 heteroatoms. The Balaban J connectivity index is 1.73. The largest absolute Gasteiger partial charge is 0.399 e. The van der Waals surface area contributed by atoms with E-state index in [9.17, 15) is 4.21 Å². The summed E-state index contributed by atoms with van der Waals surface area (Å²) < 4.78 is 22.2. The lowest BCUT2D eigenvalue weighted by Crippen LogP contribution is -2.26. The number of nitrogens with zero attached hydrogens (tertiary/aromatic N) is 3. The first-order chi connectivity index (χ1) is 11.7. The van der Waals surface area contributed by atoms with Crippen LogP contribution in [-0.4, -0.2) is 24.0 Å². The smallest absolute Gasteiger partial charge is 0.288 e. The van der Waals surface area contributed by atoms with Crippen molar-refractivity contribution in [3.05, 3.63) is 41.9 Å². The number of rotatable bonds is 5. The van der Waals surface area contributed by atoms with Crippen molar-refractivity contribution in [2.24, 2.45) is 0 Å². The van der Waals surface area contributed by atoms with Crippen LogP contribution in [0.2, 0.25) is 0 Å². The topological polar surface area (TPSA) is 110 Å². The van der Waals surface area contributed by atoms with Crippen molar-refractivity contribution < 1.29 is 8.39 Å². The molecule has 3 rings (SSSR count). The lowest BCUT2D eigenvalue weighted by molar-refractivity contribution is 0.524. The summed E-state index contributed by atoms with van der Waals surface area (Å²) in [7, 11) is 0. The number of aromatic amines is 1. The van der Waals surface area contributed by atoms with Crippen LogP contribution in [0.3, 0.4) is 0 Å². The van der Waals surface area contributed by atoms with Gasteiger partial charge in [0.1, 0.15) is 5.75 Å². The predicted octanol–water partition coefficient (Wildman–Crippen LogP) is 2.25. The van der Waals surface area contributed by atoms with Gasteiger partial charge in [-0.05, 0) is 31.2 Å². The second-order valence-electron chi connectivity index (χ2n) is 6.90. The van der Waals surface area contributed by atoms with Gasteiger partial charge in [0.2, 0.25) is 0 Å². The van der Waals surface area contributed by atoms with Crippen LogP contribution in [0.5, 0.6) is 5.75 Å². The summed E-state index contributed by atoms with van der Waals surface area (Å²) in [4.78, 5) is 0. The van der Waals surface area contributed by atoms with Gasteiger partial charge in [0.25, 0.3) is 11.3 Å². The second-order valence-corrected chi connectivity index (χ2v) is 7.77. The molecule has 25 heavy (non-hydrogen) atoms. The van der Waals surface area contributed by atoms with Crippen LogP contribution in [0.4, 0.5) is 5.69 Å². The van der Waals surface area contributed by atoms with Crippen molar-refractivity contribution in [3.63, 3.8) is 0 Å². The van der Waals surface area contributed by atoms with Gasteiger partial charge in [-0.25, -0.2) is 4.52 Å². The average molecular weight is 362 g/mol. The molecule has 2 aromatic heterocycles. The molecular formula is C16H22N6O2S. The minimum Gasteiger partial charge on any atom is -0.399 e. The van der Waals surface area contributed by atoms with E-state index < -0.39 is 11.3 Å². The van der Waals surface area contributed by atoms with E-state index in [-0.39, 0.29) is 11.5 Å². The standard InChI is InChI=1S/C16H22N6O2S/c1-10(21-25(23)24-12-7-5-11(17)6-8-12)15-19-18-14-9-13(16(2,3)4)20-22(14)15/h5-10,20-21H,17H2,1-4H3. The molecule has 0 aliphatic heterocycles. The minimum atomic E-state index is -1.73. The molecule has 0 aliphatic carbocycles. The van der Waals surface area contributed by atoms with Crippen LogP contribution in [0.25, 0.3) is 5.65 Å². The highest BCUT2D eigenvalue weighted by Crippen LogP contribution is 2.23. The Hall–Kier alpha value is -2.39. The first kappa shape index (κ1) is 17.4. The molecule has 8 nitrogen and oxygen atoms in total. The Morgan fingerprint density at radius 1 is 1.28 bits per heavy atom. The predicted molar refractivity (Wildman–Crippen MR) is 97.2 cm³/mol.